The van der Waals surface area contributed by atoms with E-state index in [2.05, 4.69) is 15.6 Å². The Hall–Kier alpha value is -1.70. The molecule has 0 saturated heterocycles. The Kier molecular flexibility index (Phi) is 5.72. The zero-order valence-electron chi connectivity index (χ0n) is 11.2. The third-order valence-electron chi connectivity index (χ3n) is 2.52. The molecule has 1 amide bonds. The van der Waals surface area contributed by atoms with Gasteiger partial charge in [0, 0.05) is 13.7 Å². The summed E-state index contributed by atoms with van der Waals surface area (Å²) in [5.74, 6) is 0.504. The standard InChI is InChI=1S/C13H17N3O3S/c1-18-5-4-14-8-12(17)15-7-10-9-19-13(16-10)11-3-2-6-20-11/h2-3,6,9,14H,4-5,7-8H2,1H3,(H,15,17). The lowest BCUT2D eigenvalue weighted by Crippen LogP contribution is -2.34. The molecule has 0 aromatic carbocycles. The van der Waals surface area contributed by atoms with Gasteiger partial charge in [0.15, 0.2) is 0 Å². The van der Waals surface area contributed by atoms with Crippen molar-refractivity contribution in [2.45, 2.75) is 6.54 Å². The van der Waals surface area contributed by atoms with Crippen molar-refractivity contribution in [3.05, 3.63) is 29.5 Å². The molecule has 0 aliphatic heterocycles. The third kappa shape index (κ3) is 4.44. The van der Waals surface area contributed by atoms with Gasteiger partial charge in [-0.25, -0.2) is 4.98 Å². The van der Waals surface area contributed by atoms with E-state index in [9.17, 15) is 4.79 Å². The summed E-state index contributed by atoms with van der Waals surface area (Å²) in [7, 11) is 1.62. The van der Waals surface area contributed by atoms with Crippen LogP contribution in [0.4, 0.5) is 0 Å². The molecule has 0 aliphatic carbocycles. The molecule has 2 rings (SSSR count). The highest BCUT2D eigenvalue weighted by Gasteiger charge is 2.08. The first-order chi connectivity index (χ1) is 9.79. The van der Waals surface area contributed by atoms with Gasteiger partial charge in [0.1, 0.15) is 6.26 Å². The van der Waals surface area contributed by atoms with Crippen LogP contribution in [0.15, 0.2) is 28.2 Å². The van der Waals surface area contributed by atoms with Gasteiger partial charge in [0.2, 0.25) is 11.8 Å². The van der Waals surface area contributed by atoms with Crippen LogP contribution in [0, 0.1) is 0 Å². The lowest BCUT2D eigenvalue weighted by Gasteiger charge is -2.04. The van der Waals surface area contributed by atoms with Crippen molar-refractivity contribution >= 4 is 17.2 Å². The molecule has 2 aromatic rings. The molecule has 7 heteroatoms. The van der Waals surface area contributed by atoms with Gasteiger partial charge in [-0.3, -0.25) is 4.79 Å². The smallest absolute Gasteiger partial charge is 0.236 e. The van der Waals surface area contributed by atoms with Gasteiger partial charge < -0.3 is 19.8 Å². The van der Waals surface area contributed by atoms with Gasteiger partial charge in [-0.2, -0.15) is 0 Å². The van der Waals surface area contributed by atoms with Gasteiger partial charge in [0.25, 0.3) is 0 Å². The Morgan fingerprint density at radius 2 is 2.45 bits per heavy atom. The lowest BCUT2D eigenvalue weighted by atomic mass is 10.4. The number of carbonyl (C=O) groups is 1. The van der Waals surface area contributed by atoms with Crippen LogP contribution in [-0.2, 0) is 16.1 Å². The summed E-state index contributed by atoms with van der Waals surface area (Å²) in [5.41, 5.74) is 0.707. The minimum atomic E-state index is -0.0817. The van der Waals surface area contributed by atoms with Crippen LogP contribution >= 0.6 is 11.3 Å². The fourth-order valence-electron chi connectivity index (χ4n) is 1.53. The van der Waals surface area contributed by atoms with Gasteiger partial charge in [-0.15, -0.1) is 11.3 Å². The average molecular weight is 295 g/mol. The zero-order chi connectivity index (χ0) is 14.2. The molecular formula is C13H17N3O3S. The summed E-state index contributed by atoms with van der Waals surface area (Å²) in [6.45, 7) is 1.86. The summed E-state index contributed by atoms with van der Waals surface area (Å²) in [6.07, 6.45) is 1.56. The van der Waals surface area contributed by atoms with E-state index in [1.807, 2.05) is 17.5 Å². The second-order valence-electron chi connectivity index (χ2n) is 4.07. The fourth-order valence-corrected chi connectivity index (χ4v) is 2.18. The fraction of sp³-hybridized carbons (Fsp3) is 0.385. The van der Waals surface area contributed by atoms with E-state index in [-0.39, 0.29) is 12.5 Å². The maximum absolute atomic E-state index is 11.5. The van der Waals surface area contributed by atoms with E-state index in [0.717, 1.165) is 4.88 Å². The molecule has 20 heavy (non-hydrogen) atoms. The van der Waals surface area contributed by atoms with E-state index >= 15 is 0 Å². The number of amides is 1. The summed E-state index contributed by atoms with van der Waals surface area (Å²) >= 11 is 1.56. The first kappa shape index (κ1) is 14.7. The number of ether oxygens (including phenoxy) is 1. The largest absolute Gasteiger partial charge is 0.443 e. The number of oxazole rings is 1. The highest BCUT2D eigenvalue weighted by atomic mass is 32.1. The average Bonchev–Trinajstić information content (AvgIpc) is 3.11. The Bertz CT molecular complexity index is 525. The van der Waals surface area contributed by atoms with Crippen molar-refractivity contribution in [2.24, 2.45) is 0 Å². The number of thiophene rings is 1. The Morgan fingerprint density at radius 3 is 3.20 bits per heavy atom. The number of rotatable bonds is 8. The Morgan fingerprint density at radius 1 is 1.55 bits per heavy atom. The van der Waals surface area contributed by atoms with Crippen LogP contribution < -0.4 is 10.6 Å². The number of hydrogen-bond acceptors (Lipinski definition) is 6. The maximum Gasteiger partial charge on any atom is 0.236 e. The summed E-state index contributed by atoms with van der Waals surface area (Å²) in [5, 5.41) is 7.71. The molecule has 0 unspecified atom stereocenters. The van der Waals surface area contributed by atoms with Gasteiger partial charge in [-0.05, 0) is 11.4 Å². The van der Waals surface area contributed by atoms with E-state index in [4.69, 9.17) is 9.15 Å². The van der Waals surface area contributed by atoms with E-state index in [1.54, 1.807) is 24.7 Å². The van der Waals surface area contributed by atoms with E-state index < -0.39 is 0 Å². The monoisotopic (exact) mass is 295 g/mol. The third-order valence-corrected chi connectivity index (χ3v) is 3.38. The summed E-state index contributed by atoms with van der Waals surface area (Å²) in [6, 6.07) is 3.88. The van der Waals surface area contributed by atoms with Crippen LogP contribution in [0.3, 0.4) is 0 Å². The molecular weight excluding hydrogens is 278 g/mol. The Labute approximate surface area is 121 Å². The molecule has 2 N–H and O–H groups in total. The first-order valence-corrected chi connectivity index (χ1v) is 7.12. The molecule has 0 bridgehead atoms. The topological polar surface area (TPSA) is 76.4 Å². The number of nitrogens with zero attached hydrogens (tertiary/aromatic N) is 1. The zero-order valence-corrected chi connectivity index (χ0v) is 12.0. The van der Waals surface area contributed by atoms with Crippen LogP contribution in [0.2, 0.25) is 0 Å². The number of hydrogen-bond donors (Lipinski definition) is 2. The van der Waals surface area contributed by atoms with Crippen molar-refractivity contribution < 1.29 is 13.9 Å². The van der Waals surface area contributed by atoms with Gasteiger partial charge in [0.05, 0.1) is 30.3 Å². The summed E-state index contributed by atoms with van der Waals surface area (Å²) < 4.78 is 10.2. The second kappa shape index (κ2) is 7.78. The lowest BCUT2D eigenvalue weighted by molar-refractivity contribution is -0.120. The summed E-state index contributed by atoms with van der Waals surface area (Å²) in [4.78, 5) is 16.8. The molecule has 108 valence electrons. The minimum Gasteiger partial charge on any atom is -0.443 e. The predicted octanol–water partition coefficient (Wildman–Crippen LogP) is 1.26. The van der Waals surface area contributed by atoms with Crippen molar-refractivity contribution in [2.75, 3.05) is 26.8 Å². The number of aromatic nitrogens is 1. The van der Waals surface area contributed by atoms with E-state index in [1.165, 1.54) is 0 Å². The van der Waals surface area contributed by atoms with Gasteiger partial charge in [-0.1, -0.05) is 6.07 Å². The molecule has 6 nitrogen and oxygen atoms in total. The van der Waals surface area contributed by atoms with Crippen molar-refractivity contribution in [3.8, 4) is 10.8 Å². The van der Waals surface area contributed by atoms with Crippen LogP contribution in [0.5, 0.6) is 0 Å². The van der Waals surface area contributed by atoms with Crippen LogP contribution in [0.25, 0.3) is 10.8 Å². The number of nitrogens with one attached hydrogen (secondary N) is 2. The number of methoxy groups -OCH3 is 1. The van der Waals surface area contributed by atoms with Crippen LogP contribution in [-0.4, -0.2) is 37.7 Å². The predicted molar refractivity (Wildman–Crippen MR) is 76.4 cm³/mol. The highest BCUT2D eigenvalue weighted by Crippen LogP contribution is 2.23. The number of carbonyl (C=O) groups excluding carboxylic acids is 1. The quantitative estimate of drug-likeness (QED) is 0.717. The SMILES string of the molecule is COCCNCC(=O)NCc1coc(-c2cccs2)n1. The van der Waals surface area contributed by atoms with Gasteiger partial charge >= 0.3 is 0 Å². The first-order valence-electron chi connectivity index (χ1n) is 6.24. The molecule has 0 spiro atoms. The van der Waals surface area contributed by atoms with Crippen molar-refractivity contribution in [3.63, 3.8) is 0 Å². The Balaban J connectivity index is 1.73. The minimum absolute atomic E-state index is 0.0817. The normalized spacial score (nSPS) is 10.7. The highest BCUT2D eigenvalue weighted by molar-refractivity contribution is 7.13. The maximum atomic E-state index is 11.5. The molecule has 0 saturated carbocycles. The van der Waals surface area contributed by atoms with E-state index in [0.29, 0.717) is 31.3 Å². The molecule has 2 aromatic heterocycles. The van der Waals surface area contributed by atoms with Crippen molar-refractivity contribution in [1.82, 2.24) is 15.6 Å². The van der Waals surface area contributed by atoms with Crippen LogP contribution in [0.1, 0.15) is 5.69 Å². The molecule has 0 aliphatic rings. The molecule has 2 heterocycles. The second-order valence-corrected chi connectivity index (χ2v) is 5.02. The van der Waals surface area contributed by atoms with Crippen molar-refractivity contribution in [1.29, 1.82) is 0 Å². The molecule has 0 radical (unpaired) electrons. The molecule has 0 atom stereocenters. The molecule has 0 fully saturated rings.